The number of hydrogen-bond donors (Lipinski definition) is 1. The first kappa shape index (κ1) is 21.2. The molecule has 1 spiro atoms. The lowest BCUT2D eigenvalue weighted by atomic mass is 9.86. The number of halogens is 1. The first-order valence-electron chi connectivity index (χ1n) is 12.0. The van der Waals surface area contributed by atoms with Gasteiger partial charge in [0, 0.05) is 22.3 Å². The highest BCUT2D eigenvalue weighted by atomic mass is 35.5. The van der Waals surface area contributed by atoms with E-state index in [-0.39, 0.29) is 17.9 Å². The van der Waals surface area contributed by atoms with Crippen molar-refractivity contribution < 1.29 is 9.59 Å². The zero-order chi connectivity index (χ0) is 23.3. The van der Waals surface area contributed by atoms with Gasteiger partial charge in [0.05, 0.1) is 17.8 Å². The minimum atomic E-state index is -1.27. The third kappa shape index (κ3) is 3.07. The first-order chi connectivity index (χ1) is 16.6. The summed E-state index contributed by atoms with van der Waals surface area (Å²) in [6, 6.07) is 22.9. The molecule has 3 aromatic carbocycles. The van der Waals surface area contributed by atoms with E-state index in [9.17, 15) is 9.59 Å². The number of anilines is 2. The van der Waals surface area contributed by atoms with Crippen molar-refractivity contribution >= 4 is 34.8 Å². The van der Waals surface area contributed by atoms with Crippen LogP contribution in [-0.2, 0) is 17.0 Å². The molecule has 1 unspecified atom stereocenters. The predicted molar refractivity (Wildman–Crippen MR) is 134 cm³/mol. The largest absolute Gasteiger partial charge is 0.350 e. The second-order valence-electron chi connectivity index (χ2n) is 9.35. The number of amides is 2. The Morgan fingerprint density at radius 2 is 1.59 bits per heavy atom. The van der Waals surface area contributed by atoms with Gasteiger partial charge in [0.1, 0.15) is 0 Å². The van der Waals surface area contributed by atoms with E-state index >= 15 is 0 Å². The number of fused-ring (bicyclic) bond motifs is 3. The van der Waals surface area contributed by atoms with Crippen LogP contribution in [0.5, 0.6) is 0 Å². The van der Waals surface area contributed by atoms with Crippen LogP contribution in [0.25, 0.3) is 0 Å². The summed E-state index contributed by atoms with van der Waals surface area (Å²) in [5.74, 6) is -0.217. The number of nitrogens with one attached hydrogen (secondary N) is 1. The summed E-state index contributed by atoms with van der Waals surface area (Å²) < 4.78 is 0. The quantitative estimate of drug-likeness (QED) is 0.514. The minimum Gasteiger partial charge on any atom is -0.350 e. The van der Waals surface area contributed by atoms with Crippen molar-refractivity contribution in [3.8, 4) is 0 Å². The molecule has 6 heteroatoms. The van der Waals surface area contributed by atoms with Crippen molar-refractivity contribution in [3.63, 3.8) is 0 Å². The van der Waals surface area contributed by atoms with Crippen LogP contribution in [0, 0.1) is 0 Å². The van der Waals surface area contributed by atoms with E-state index in [2.05, 4.69) is 5.32 Å². The highest BCUT2D eigenvalue weighted by Gasteiger charge is 2.60. The molecule has 1 saturated carbocycles. The minimum absolute atomic E-state index is 0.000578. The Bertz CT molecular complexity index is 1290. The molecule has 34 heavy (non-hydrogen) atoms. The fourth-order valence-corrected chi connectivity index (χ4v) is 6.03. The zero-order valence-electron chi connectivity index (χ0n) is 18.8. The molecule has 6 rings (SSSR count). The molecule has 2 aliphatic heterocycles. The molecule has 3 aromatic rings. The number of hydrogen-bond acceptors (Lipinski definition) is 3. The summed E-state index contributed by atoms with van der Waals surface area (Å²) >= 11 is 6.48. The number of benzene rings is 3. The lowest BCUT2D eigenvalue weighted by Crippen LogP contribution is -2.65. The maximum Gasteiger partial charge on any atom is 0.279 e. The van der Waals surface area contributed by atoms with Gasteiger partial charge < -0.3 is 15.1 Å². The molecule has 0 aromatic heterocycles. The van der Waals surface area contributed by atoms with E-state index in [1.54, 1.807) is 4.90 Å². The van der Waals surface area contributed by atoms with Crippen LogP contribution in [0.1, 0.15) is 53.6 Å². The highest BCUT2D eigenvalue weighted by Crippen LogP contribution is 2.50. The molecule has 0 saturated heterocycles. The summed E-state index contributed by atoms with van der Waals surface area (Å²) in [6.07, 6.45) is 5.09. The molecule has 2 amide bonds. The molecule has 1 N–H and O–H groups in total. The van der Waals surface area contributed by atoms with E-state index in [0.717, 1.165) is 42.5 Å². The Hall–Kier alpha value is -3.31. The number of para-hydroxylation sites is 2. The molecular formula is C28H26ClN3O2. The van der Waals surface area contributed by atoms with Gasteiger partial charge in [-0.2, -0.15) is 0 Å². The van der Waals surface area contributed by atoms with Gasteiger partial charge in [-0.25, -0.2) is 0 Å². The fraction of sp³-hybridized carbons (Fsp3) is 0.286. The van der Waals surface area contributed by atoms with Gasteiger partial charge in [-0.1, -0.05) is 79.4 Å². The summed E-state index contributed by atoms with van der Waals surface area (Å²) in [4.78, 5) is 32.2. The van der Waals surface area contributed by atoms with Crippen LogP contribution >= 0.6 is 11.6 Å². The Kier molecular flexibility index (Phi) is 5.10. The van der Waals surface area contributed by atoms with E-state index in [1.165, 1.54) is 6.42 Å². The fourth-order valence-electron chi connectivity index (χ4n) is 5.84. The van der Waals surface area contributed by atoms with E-state index < -0.39 is 5.66 Å². The zero-order valence-corrected chi connectivity index (χ0v) is 19.6. The standard InChI is InChI=1S/C28H26ClN3O2/c29-23-15-7-4-10-19(23)18-31-25-17-9-6-14-22(25)28(27(31)34)30-24-16-8-5-13-21(24)26(33)32(28)20-11-2-1-3-12-20/h4-10,13-17,20,30H,1-3,11-12,18H2. The van der Waals surface area contributed by atoms with Crippen molar-refractivity contribution in [1.82, 2.24) is 4.90 Å². The summed E-state index contributed by atoms with van der Waals surface area (Å²) in [5.41, 5.74) is 2.55. The number of rotatable bonds is 3. The average Bonchev–Trinajstić information content (AvgIpc) is 3.09. The topological polar surface area (TPSA) is 52.7 Å². The van der Waals surface area contributed by atoms with Crippen molar-refractivity contribution in [2.45, 2.75) is 50.4 Å². The van der Waals surface area contributed by atoms with Crippen LogP contribution in [-0.4, -0.2) is 22.8 Å². The molecular weight excluding hydrogens is 446 g/mol. The van der Waals surface area contributed by atoms with E-state index in [4.69, 9.17) is 11.6 Å². The lowest BCUT2D eigenvalue weighted by molar-refractivity contribution is -0.129. The van der Waals surface area contributed by atoms with Crippen LogP contribution in [0.3, 0.4) is 0 Å². The molecule has 1 aliphatic carbocycles. The summed E-state index contributed by atoms with van der Waals surface area (Å²) in [6.45, 7) is 0.341. The first-order valence-corrected chi connectivity index (χ1v) is 12.3. The van der Waals surface area contributed by atoms with Crippen LogP contribution in [0.15, 0.2) is 72.8 Å². The van der Waals surface area contributed by atoms with Gasteiger partial charge in [-0.15, -0.1) is 0 Å². The molecule has 3 aliphatic rings. The molecule has 5 nitrogen and oxygen atoms in total. The molecule has 0 bridgehead atoms. The van der Waals surface area contributed by atoms with Crippen molar-refractivity contribution in [1.29, 1.82) is 0 Å². The number of nitrogens with zero attached hydrogens (tertiary/aromatic N) is 2. The lowest BCUT2D eigenvalue weighted by Gasteiger charge is -2.49. The highest BCUT2D eigenvalue weighted by molar-refractivity contribution is 6.31. The monoisotopic (exact) mass is 471 g/mol. The van der Waals surface area contributed by atoms with E-state index in [0.29, 0.717) is 22.8 Å². The van der Waals surface area contributed by atoms with Gasteiger partial charge in [-0.3, -0.25) is 9.59 Å². The van der Waals surface area contributed by atoms with Crippen molar-refractivity contribution in [3.05, 3.63) is 94.5 Å². The smallest absolute Gasteiger partial charge is 0.279 e. The molecule has 2 heterocycles. The molecule has 172 valence electrons. The maximum atomic E-state index is 14.5. The predicted octanol–water partition coefficient (Wildman–Crippen LogP) is 5.94. The van der Waals surface area contributed by atoms with Crippen LogP contribution in [0.4, 0.5) is 11.4 Å². The number of carbonyl (C=O) groups excluding carboxylic acids is 2. The third-order valence-corrected chi connectivity index (χ3v) is 7.79. The summed E-state index contributed by atoms with van der Waals surface area (Å²) in [7, 11) is 0. The van der Waals surface area contributed by atoms with Gasteiger partial charge in [0.25, 0.3) is 11.8 Å². The molecule has 1 fully saturated rings. The second-order valence-corrected chi connectivity index (χ2v) is 9.76. The second kappa shape index (κ2) is 8.17. The van der Waals surface area contributed by atoms with Gasteiger partial charge in [-0.05, 0) is 42.7 Å². The average molecular weight is 472 g/mol. The van der Waals surface area contributed by atoms with Crippen LogP contribution < -0.4 is 10.2 Å². The summed E-state index contributed by atoms with van der Waals surface area (Å²) in [5, 5.41) is 4.19. The van der Waals surface area contributed by atoms with Gasteiger partial charge in [0.2, 0.25) is 5.66 Å². The Balaban J connectivity index is 1.54. The Labute approximate surface area is 204 Å². The Morgan fingerprint density at radius 3 is 2.41 bits per heavy atom. The van der Waals surface area contributed by atoms with Crippen molar-refractivity contribution in [2.75, 3.05) is 10.2 Å². The van der Waals surface area contributed by atoms with E-state index in [1.807, 2.05) is 77.7 Å². The van der Waals surface area contributed by atoms with Crippen LogP contribution in [0.2, 0.25) is 5.02 Å². The normalized spacial score (nSPS) is 22.0. The Morgan fingerprint density at radius 1 is 0.882 bits per heavy atom. The maximum absolute atomic E-state index is 14.5. The number of carbonyl (C=O) groups is 2. The molecule has 0 radical (unpaired) electrons. The molecule has 1 atom stereocenters. The SMILES string of the molecule is O=C1c2ccccc2NC2(C(=O)N(Cc3ccccc3Cl)c3ccccc32)N1C1CCCCC1. The third-order valence-electron chi connectivity index (χ3n) is 7.42. The van der Waals surface area contributed by atoms with Gasteiger partial charge in [0.15, 0.2) is 0 Å². The van der Waals surface area contributed by atoms with Crippen molar-refractivity contribution in [2.24, 2.45) is 0 Å². The van der Waals surface area contributed by atoms with Gasteiger partial charge >= 0.3 is 0 Å².